The van der Waals surface area contributed by atoms with Gasteiger partial charge >= 0.3 is 0 Å². The van der Waals surface area contributed by atoms with Crippen LogP contribution in [0.2, 0.25) is 0 Å². The van der Waals surface area contributed by atoms with Crippen molar-refractivity contribution in [2.45, 2.75) is 38.5 Å². The standard InChI is InChI=1S/C32H36BFN2O/c1-4-5-21-17-27(34)20-29(18-21)36(32(37)30-19-22-6-7-26(30)16-22)31(33)25-10-8-23(9-11-25)24-12-14-28(15-13-24)35(2)3/h4-5,8-15,17-18,20,22,26,30-31H,6-7,16,19,33H2,1-3H3/b5-4+. The number of benzene rings is 3. The molecular weight excluding hydrogens is 458 g/mol. The van der Waals surface area contributed by atoms with Crippen molar-refractivity contribution >= 4 is 31.2 Å². The Hall–Kier alpha value is -3.34. The van der Waals surface area contributed by atoms with E-state index in [-0.39, 0.29) is 23.6 Å². The first-order valence-corrected chi connectivity index (χ1v) is 13.5. The quantitative estimate of drug-likeness (QED) is 0.342. The molecule has 4 atom stereocenters. The molecule has 0 N–H and O–H groups in total. The summed E-state index contributed by atoms with van der Waals surface area (Å²) >= 11 is 0. The number of carbonyl (C=O) groups is 1. The highest BCUT2D eigenvalue weighted by Gasteiger charge is 2.45. The number of nitrogens with zero attached hydrogens (tertiary/aromatic N) is 2. The van der Waals surface area contributed by atoms with E-state index in [4.69, 9.17) is 0 Å². The van der Waals surface area contributed by atoms with Crippen LogP contribution in [0.5, 0.6) is 0 Å². The van der Waals surface area contributed by atoms with E-state index in [0.29, 0.717) is 17.5 Å². The summed E-state index contributed by atoms with van der Waals surface area (Å²) in [6.45, 7) is 1.92. The summed E-state index contributed by atoms with van der Waals surface area (Å²) < 4.78 is 14.7. The molecule has 2 fully saturated rings. The molecule has 3 nitrogen and oxygen atoms in total. The maximum atomic E-state index is 14.7. The number of hydrogen-bond acceptors (Lipinski definition) is 2. The molecule has 190 valence electrons. The summed E-state index contributed by atoms with van der Waals surface area (Å²) in [5.41, 5.74) is 5.90. The van der Waals surface area contributed by atoms with Gasteiger partial charge in [-0.05, 0) is 90.6 Å². The van der Waals surface area contributed by atoms with Crippen LogP contribution in [0.15, 0.2) is 72.8 Å². The number of anilines is 2. The van der Waals surface area contributed by atoms with Gasteiger partial charge in [0.15, 0.2) is 0 Å². The molecule has 0 spiro atoms. The molecule has 0 saturated heterocycles. The SMILES string of the molecule is BC(c1ccc(-c2ccc(N(C)C)cc2)cc1)N(C(=O)C1CC2CCC1C2)c1cc(F)cc(/C=C/C)c1. The number of fused-ring (bicyclic) bond motifs is 2. The molecule has 3 aromatic rings. The van der Waals surface area contributed by atoms with Crippen molar-refractivity contribution in [1.29, 1.82) is 0 Å². The Bertz CT molecular complexity index is 1290. The van der Waals surface area contributed by atoms with Crippen LogP contribution in [0, 0.1) is 23.6 Å². The molecule has 37 heavy (non-hydrogen) atoms. The second kappa shape index (κ2) is 10.6. The van der Waals surface area contributed by atoms with Gasteiger partial charge in [-0.2, -0.15) is 0 Å². The van der Waals surface area contributed by atoms with Crippen molar-refractivity contribution in [2.75, 3.05) is 23.9 Å². The fourth-order valence-electron chi connectivity index (χ4n) is 6.35. The molecule has 0 aromatic heterocycles. The summed E-state index contributed by atoms with van der Waals surface area (Å²) in [5, 5.41) is 0. The van der Waals surface area contributed by atoms with Crippen LogP contribution in [0.4, 0.5) is 15.8 Å². The molecule has 0 aliphatic heterocycles. The molecule has 0 radical (unpaired) electrons. The molecule has 0 heterocycles. The van der Waals surface area contributed by atoms with E-state index in [1.165, 1.54) is 18.6 Å². The van der Waals surface area contributed by atoms with Crippen molar-refractivity contribution in [3.8, 4) is 11.1 Å². The van der Waals surface area contributed by atoms with Crippen LogP contribution in [-0.2, 0) is 4.79 Å². The maximum absolute atomic E-state index is 14.7. The summed E-state index contributed by atoms with van der Waals surface area (Å²) in [7, 11) is 6.14. The minimum absolute atomic E-state index is 0.0316. The first-order chi connectivity index (χ1) is 17.8. The largest absolute Gasteiger partial charge is 0.378 e. The van der Waals surface area contributed by atoms with Crippen LogP contribution in [0.3, 0.4) is 0 Å². The first-order valence-electron chi connectivity index (χ1n) is 13.5. The number of carbonyl (C=O) groups excluding carboxylic acids is 1. The lowest BCUT2D eigenvalue weighted by molar-refractivity contribution is -0.124. The average molecular weight is 494 g/mol. The fourth-order valence-corrected chi connectivity index (χ4v) is 6.35. The first kappa shape index (κ1) is 25.3. The molecule has 2 aliphatic carbocycles. The summed E-state index contributed by atoms with van der Waals surface area (Å²) in [6.07, 6.45) is 8.28. The van der Waals surface area contributed by atoms with Gasteiger partial charge in [-0.15, -0.1) is 0 Å². The number of hydrogen-bond donors (Lipinski definition) is 0. The molecule has 4 unspecified atom stereocenters. The fraction of sp³-hybridized carbons (Fsp3) is 0.344. The Labute approximate surface area is 221 Å². The van der Waals surface area contributed by atoms with Crippen LogP contribution in [0.25, 0.3) is 17.2 Å². The van der Waals surface area contributed by atoms with Gasteiger partial charge in [-0.25, -0.2) is 4.39 Å². The second-order valence-corrected chi connectivity index (χ2v) is 11.0. The molecule has 2 bridgehead atoms. The van der Waals surface area contributed by atoms with E-state index < -0.39 is 0 Å². The number of rotatable bonds is 7. The Morgan fingerprint density at radius 2 is 1.62 bits per heavy atom. The molecule has 5 rings (SSSR count). The Kier molecular flexibility index (Phi) is 7.23. The van der Waals surface area contributed by atoms with E-state index in [0.717, 1.165) is 47.2 Å². The van der Waals surface area contributed by atoms with Gasteiger partial charge in [0.2, 0.25) is 5.91 Å². The van der Waals surface area contributed by atoms with Crippen LogP contribution < -0.4 is 9.80 Å². The summed E-state index contributed by atoms with van der Waals surface area (Å²) in [5.74, 6) is 0.768. The highest BCUT2D eigenvalue weighted by atomic mass is 19.1. The third-order valence-electron chi connectivity index (χ3n) is 8.33. The molecule has 3 aromatic carbocycles. The van der Waals surface area contributed by atoms with Gasteiger partial charge in [-0.1, -0.05) is 55.0 Å². The highest BCUT2D eigenvalue weighted by Crippen LogP contribution is 2.49. The molecule has 5 heteroatoms. The molecule has 1 amide bonds. The van der Waals surface area contributed by atoms with Crippen molar-refractivity contribution in [3.05, 3.63) is 89.8 Å². The normalized spacial score (nSPS) is 21.4. The van der Waals surface area contributed by atoms with E-state index in [1.807, 2.05) is 44.1 Å². The number of allylic oxidation sites excluding steroid dienone is 1. The predicted molar refractivity (Wildman–Crippen MR) is 155 cm³/mol. The predicted octanol–water partition coefficient (Wildman–Crippen LogP) is 6.69. The van der Waals surface area contributed by atoms with Gasteiger partial charge < -0.3 is 9.80 Å². The van der Waals surface area contributed by atoms with E-state index >= 15 is 0 Å². The molecular formula is C32H36BFN2O. The monoisotopic (exact) mass is 494 g/mol. The number of amides is 1. The van der Waals surface area contributed by atoms with E-state index in [2.05, 4.69) is 61.3 Å². The Morgan fingerprint density at radius 3 is 2.19 bits per heavy atom. The molecule has 2 aliphatic rings. The van der Waals surface area contributed by atoms with Crippen molar-refractivity contribution < 1.29 is 9.18 Å². The summed E-state index contributed by atoms with van der Waals surface area (Å²) in [4.78, 5) is 18.0. The zero-order chi connectivity index (χ0) is 26.1. The van der Waals surface area contributed by atoms with E-state index in [1.54, 1.807) is 0 Å². The third kappa shape index (κ3) is 5.23. The average Bonchev–Trinajstić information content (AvgIpc) is 3.53. The van der Waals surface area contributed by atoms with Gasteiger partial charge in [0.1, 0.15) is 13.7 Å². The van der Waals surface area contributed by atoms with Gasteiger partial charge in [0, 0.05) is 37.3 Å². The highest BCUT2D eigenvalue weighted by molar-refractivity contribution is 6.18. The van der Waals surface area contributed by atoms with Crippen LogP contribution in [-0.4, -0.2) is 27.8 Å². The van der Waals surface area contributed by atoms with Crippen molar-refractivity contribution in [2.24, 2.45) is 17.8 Å². The van der Waals surface area contributed by atoms with Gasteiger partial charge in [-0.3, -0.25) is 4.79 Å². The third-order valence-corrected chi connectivity index (χ3v) is 8.33. The number of halogens is 1. The Morgan fingerprint density at radius 1 is 0.946 bits per heavy atom. The van der Waals surface area contributed by atoms with Crippen LogP contribution >= 0.6 is 0 Å². The summed E-state index contributed by atoms with van der Waals surface area (Å²) in [6, 6.07) is 21.9. The second-order valence-electron chi connectivity index (χ2n) is 11.0. The topological polar surface area (TPSA) is 23.6 Å². The lowest BCUT2D eigenvalue weighted by Gasteiger charge is -2.35. The van der Waals surface area contributed by atoms with Crippen molar-refractivity contribution in [3.63, 3.8) is 0 Å². The zero-order valence-corrected chi connectivity index (χ0v) is 22.3. The molecule has 2 saturated carbocycles. The zero-order valence-electron chi connectivity index (χ0n) is 22.3. The lowest BCUT2D eigenvalue weighted by Crippen LogP contribution is -2.41. The minimum Gasteiger partial charge on any atom is -0.378 e. The Balaban J connectivity index is 1.47. The lowest BCUT2D eigenvalue weighted by atomic mass is 9.82. The van der Waals surface area contributed by atoms with Gasteiger partial charge in [0.25, 0.3) is 0 Å². The maximum Gasteiger partial charge on any atom is 0.230 e. The van der Waals surface area contributed by atoms with E-state index in [9.17, 15) is 9.18 Å². The van der Waals surface area contributed by atoms with Gasteiger partial charge in [0.05, 0.1) is 0 Å². The van der Waals surface area contributed by atoms with Crippen molar-refractivity contribution in [1.82, 2.24) is 0 Å². The minimum atomic E-state index is -0.319. The van der Waals surface area contributed by atoms with Crippen LogP contribution in [0.1, 0.15) is 49.7 Å². The smallest absolute Gasteiger partial charge is 0.230 e.